The second-order valence-corrected chi connectivity index (χ2v) is 16.1. The van der Waals surface area contributed by atoms with Gasteiger partial charge in [-0.3, -0.25) is 0 Å². The van der Waals surface area contributed by atoms with E-state index in [1.807, 2.05) is 30.5 Å². The third-order valence-corrected chi connectivity index (χ3v) is 12.7. The van der Waals surface area contributed by atoms with Crippen LogP contribution in [0, 0.1) is 0 Å². The van der Waals surface area contributed by atoms with Crippen LogP contribution in [-0.4, -0.2) is 14.5 Å². The smallest absolute Gasteiger partial charge is 0.159 e. The van der Waals surface area contributed by atoms with Crippen molar-refractivity contribution in [1.82, 2.24) is 14.5 Å². The molecule has 4 nitrogen and oxygen atoms in total. The molecule has 4 heteroatoms. The fourth-order valence-corrected chi connectivity index (χ4v) is 9.98. The number of nitrogens with zero attached hydrogens (tertiary/aromatic N) is 4. The van der Waals surface area contributed by atoms with E-state index in [0.717, 1.165) is 50.4 Å². The molecule has 63 heavy (non-hydrogen) atoms. The summed E-state index contributed by atoms with van der Waals surface area (Å²) in [7, 11) is 0. The zero-order valence-corrected chi connectivity index (χ0v) is 34.4. The summed E-state index contributed by atoms with van der Waals surface area (Å²) in [4.78, 5) is 12.6. The molecule has 0 unspecified atom stereocenters. The Labute approximate surface area is 366 Å². The maximum Gasteiger partial charge on any atom is 0.159 e. The van der Waals surface area contributed by atoms with Crippen molar-refractivity contribution < 1.29 is 0 Å². The lowest BCUT2D eigenvalue weighted by atomic mass is 9.62. The molecule has 2 aromatic heterocycles. The molecule has 1 aliphatic heterocycles. The van der Waals surface area contributed by atoms with Gasteiger partial charge in [0, 0.05) is 27.6 Å². The Morgan fingerprint density at radius 3 is 1.51 bits per heavy atom. The maximum absolute atomic E-state index is 5.23. The maximum atomic E-state index is 5.23. The van der Waals surface area contributed by atoms with Crippen LogP contribution in [0.3, 0.4) is 0 Å². The van der Waals surface area contributed by atoms with Crippen LogP contribution in [0.25, 0.3) is 61.3 Å². The van der Waals surface area contributed by atoms with Crippen LogP contribution < -0.4 is 4.90 Å². The van der Waals surface area contributed by atoms with Gasteiger partial charge in [0.1, 0.15) is 0 Å². The molecular formula is C59H40N4. The Hall–Kier alpha value is -8.34. The second kappa shape index (κ2) is 15.0. The van der Waals surface area contributed by atoms with Gasteiger partial charge < -0.3 is 9.47 Å². The quantitative estimate of drug-likeness (QED) is 0.161. The van der Waals surface area contributed by atoms with E-state index in [1.54, 1.807) is 0 Å². The van der Waals surface area contributed by atoms with Gasteiger partial charge in [0.15, 0.2) is 5.82 Å². The highest BCUT2D eigenvalue weighted by Gasteiger charge is 2.46. The minimum absolute atomic E-state index is 0.501. The first-order chi connectivity index (χ1) is 31.3. The van der Waals surface area contributed by atoms with Crippen molar-refractivity contribution in [3.63, 3.8) is 0 Å². The SMILES string of the molecule is c1ccc(-c2ncc(-n3c4ccccc4c4cc(-c5ccc(N6c7ccccc7C(c7ccccc7)(c7ccccc7)c7ccccc76)cc5)ccc43)c(-c3ccccc3)n2)cc1. The van der Waals surface area contributed by atoms with E-state index in [1.165, 1.54) is 44.4 Å². The molecule has 1 aliphatic rings. The van der Waals surface area contributed by atoms with Gasteiger partial charge >= 0.3 is 0 Å². The van der Waals surface area contributed by atoms with Gasteiger partial charge in [0.2, 0.25) is 0 Å². The average Bonchev–Trinajstić information content (AvgIpc) is 3.70. The van der Waals surface area contributed by atoms with Crippen molar-refractivity contribution in [2.75, 3.05) is 4.90 Å². The van der Waals surface area contributed by atoms with Crippen LogP contribution in [0.4, 0.5) is 17.1 Å². The van der Waals surface area contributed by atoms with Crippen molar-refractivity contribution in [2.45, 2.75) is 5.41 Å². The van der Waals surface area contributed by atoms with Crippen LogP contribution in [0.2, 0.25) is 0 Å². The Morgan fingerprint density at radius 2 is 0.873 bits per heavy atom. The highest BCUT2D eigenvalue weighted by Crippen LogP contribution is 2.57. The van der Waals surface area contributed by atoms with Crippen molar-refractivity contribution in [2.24, 2.45) is 0 Å². The van der Waals surface area contributed by atoms with Crippen LogP contribution >= 0.6 is 0 Å². The molecule has 11 aromatic rings. The van der Waals surface area contributed by atoms with Gasteiger partial charge in [0.05, 0.1) is 45.4 Å². The second-order valence-electron chi connectivity index (χ2n) is 16.1. The zero-order chi connectivity index (χ0) is 41.7. The van der Waals surface area contributed by atoms with Gasteiger partial charge in [-0.15, -0.1) is 0 Å². The number of rotatable bonds is 7. The third-order valence-electron chi connectivity index (χ3n) is 12.7. The molecule has 0 fully saturated rings. The molecule has 0 spiro atoms. The summed E-state index contributed by atoms with van der Waals surface area (Å²) >= 11 is 0. The van der Waals surface area contributed by atoms with Gasteiger partial charge in [-0.2, -0.15) is 0 Å². The molecule has 9 aromatic carbocycles. The summed E-state index contributed by atoms with van der Waals surface area (Å²) in [6.45, 7) is 0. The first-order valence-corrected chi connectivity index (χ1v) is 21.5. The van der Waals surface area contributed by atoms with Crippen molar-refractivity contribution >= 4 is 38.9 Å². The van der Waals surface area contributed by atoms with Gasteiger partial charge in [-0.05, 0) is 75.8 Å². The van der Waals surface area contributed by atoms with Gasteiger partial charge in [0.25, 0.3) is 0 Å². The van der Waals surface area contributed by atoms with Crippen LogP contribution in [-0.2, 0) is 5.41 Å². The fraction of sp³-hybridized carbons (Fsp3) is 0.0169. The van der Waals surface area contributed by atoms with Crippen molar-refractivity contribution in [3.8, 4) is 39.5 Å². The normalized spacial score (nSPS) is 12.9. The number of hydrogen-bond donors (Lipinski definition) is 0. The Morgan fingerprint density at radius 1 is 0.365 bits per heavy atom. The Bertz CT molecular complexity index is 3340. The Kier molecular flexibility index (Phi) is 8.68. The predicted octanol–water partition coefficient (Wildman–Crippen LogP) is 14.7. The first kappa shape index (κ1) is 36.5. The van der Waals surface area contributed by atoms with E-state index < -0.39 is 5.41 Å². The van der Waals surface area contributed by atoms with Crippen LogP contribution in [0.15, 0.2) is 243 Å². The Balaban J connectivity index is 0.976. The molecular weight excluding hydrogens is 765 g/mol. The first-order valence-electron chi connectivity index (χ1n) is 21.5. The number of hydrogen-bond acceptors (Lipinski definition) is 3. The van der Waals surface area contributed by atoms with Crippen molar-refractivity contribution in [1.29, 1.82) is 0 Å². The van der Waals surface area contributed by atoms with Crippen LogP contribution in [0.5, 0.6) is 0 Å². The molecule has 0 bridgehead atoms. The minimum atomic E-state index is -0.501. The number of para-hydroxylation sites is 3. The monoisotopic (exact) mass is 804 g/mol. The highest BCUT2D eigenvalue weighted by atomic mass is 15.2. The van der Waals surface area contributed by atoms with Gasteiger partial charge in [-0.25, -0.2) is 9.97 Å². The molecule has 0 aliphatic carbocycles. The fourth-order valence-electron chi connectivity index (χ4n) is 9.98. The largest absolute Gasteiger partial charge is 0.310 e. The van der Waals surface area contributed by atoms with E-state index in [2.05, 4.69) is 222 Å². The van der Waals surface area contributed by atoms with E-state index in [4.69, 9.17) is 9.97 Å². The van der Waals surface area contributed by atoms with E-state index in [9.17, 15) is 0 Å². The summed E-state index contributed by atoms with van der Waals surface area (Å²) in [5.41, 5.74) is 16.3. The molecule has 0 saturated carbocycles. The van der Waals surface area contributed by atoms with E-state index in [0.29, 0.717) is 5.82 Å². The van der Waals surface area contributed by atoms with Gasteiger partial charge in [-0.1, -0.05) is 194 Å². The highest BCUT2D eigenvalue weighted by molar-refractivity contribution is 6.11. The molecule has 0 N–H and O–H groups in total. The number of benzene rings is 9. The summed E-state index contributed by atoms with van der Waals surface area (Å²) in [5.74, 6) is 0.702. The average molecular weight is 805 g/mol. The van der Waals surface area contributed by atoms with Crippen LogP contribution in [0.1, 0.15) is 22.3 Å². The number of anilines is 3. The molecule has 0 atom stereocenters. The lowest BCUT2D eigenvalue weighted by Crippen LogP contribution is -2.37. The number of aromatic nitrogens is 3. The molecule has 296 valence electrons. The third kappa shape index (κ3) is 5.84. The van der Waals surface area contributed by atoms with Crippen molar-refractivity contribution in [3.05, 3.63) is 265 Å². The number of fused-ring (bicyclic) bond motifs is 5. The summed E-state index contributed by atoms with van der Waals surface area (Å²) < 4.78 is 2.32. The lowest BCUT2D eigenvalue weighted by molar-refractivity contribution is 0.731. The van der Waals surface area contributed by atoms with E-state index >= 15 is 0 Å². The predicted molar refractivity (Wildman–Crippen MR) is 259 cm³/mol. The van der Waals surface area contributed by atoms with E-state index in [-0.39, 0.29) is 0 Å². The topological polar surface area (TPSA) is 34.0 Å². The lowest BCUT2D eigenvalue weighted by Gasteiger charge is -2.46. The molecule has 0 saturated heterocycles. The standard InChI is InChI=1S/C59H40N4/c1-5-19-42(20-6-1)57-56(40-60-58(61-57)43-21-7-2-8-22-43)63-52-30-16-13-27-48(52)49-39-44(35-38-53(49)63)41-33-36-47(37-34-41)62-54-31-17-14-28-50(54)59(45-23-9-3-10-24-45,46-25-11-4-12-26-46)51-29-15-18-32-55(51)62/h1-40H. The summed E-state index contributed by atoms with van der Waals surface area (Å²) in [6.07, 6.45) is 1.98. The molecule has 3 heterocycles. The molecule has 12 rings (SSSR count). The summed E-state index contributed by atoms with van der Waals surface area (Å²) in [5, 5.41) is 2.36. The molecule has 0 amide bonds. The zero-order valence-electron chi connectivity index (χ0n) is 34.4. The minimum Gasteiger partial charge on any atom is -0.310 e. The summed E-state index contributed by atoms with van der Waals surface area (Å²) in [6, 6.07) is 85.0. The molecule has 0 radical (unpaired) electrons.